The summed E-state index contributed by atoms with van der Waals surface area (Å²) in [6, 6.07) is 16.1. The van der Waals surface area contributed by atoms with Gasteiger partial charge in [0.05, 0.1) is 18.0 Å². The SMILES string of the molecule is O=C(NCCCc1ccccc1)C(=O)NC[C@H]1OCCN1S(=O)(=O)c1ccc(Br)cc1. The molecule has 0 aliphatic carbocycles. The molecule has 2 amide bonds. The highest BCUT2D eigenvalue weighted by atomic mass is 79.9. The number of hydrogen-bond acceptors (Lipinski definition) is 5. The van der Waals surface area contributed by atoms with Crippen LogP contribution in [-0.2, 0) is 30.8 Å². The van der Waals surface area contributed by atoms with Gasteiger partial charge in [-0.05, 0) is 42.7 Å². The Morgan fingerprint density at radius 1 is 1.03 bits per heavy atom. The quantitative estimate of drug-likeness (QED) is 0.415. The molecule has 1 fully saturated rings. The average Bonchev–Trinajstić information content (AvgIpc) is 3.25. The lowest BCUT2D eigenvalue weighted by Crippen LogP contribution is -2.47. The number of nitrogens with zero attached hydrogens (tertiary/aromatic N) is 1. The van der Waals surface area contributed by atoms with Crippen LogP contribution in [0.25, 0.3) is 0 Å². The van der Waals surface area contributed by atoms with E-state index in [1.807, 2.05) is 30.3 Å². The number of carbonyl (C=O) groups is 2. The number of hydrogen-bond donors (Lipinski definition) is 2. The third-order valence-electron chi connectivity index (χ3n) is 4.78. The van der Waals surface area contributed by atoms with E-state index in [0.717, 1.165) is 16.5 Å². The molecule has 0 bridgehead atoms. The van der Waals surface area contributed by atoms with Crippen LogP contribution >= 0.6 is 15.9 Å². The summed E-state index contributed by atoms with van der Waals surface area (Å²) in [4.78, 5) is 24.2. The molecule has 1 heterocycles. The topological polar surface area (TPSA) is 105 Å². The van der Waals surface area contributed by atoms with Gasteiger partial charge in [0.1, 0.15) is 6.23 Å². The first-order valence-corrected chi connectivity index (χ1v) is 12.1. The van der Waals surface area contributed by atoms with Gasteiger partial charge in [-0.15, -0.1) is 0 Å². The summed E-state index contributed by atoms with van der Waals surface area (Å²) in [6.07, 6.45) is 0.624. The molecule has 2 N–H and O–H groups in total. The summed E-state index contributed by atoms with van der Waals surface area (Å²) in [5, 5.41) is 5.03. The molecule has 1 saturated heterocycles. The van der Waals surface area contributed by atoms with E-state index in [4.69, 9.17) is 4.74 Å². The van der Waals surface area contributed by atoms with E-state index < -0.39 is 28.1 Å². The number of amides is 2. The van der Waals surface area contributed by atoms with Crippen LogP contribution in [0.3, 0.4) is 0 Å². The zero-order chi connectivity index (χ0) is 22.3. The summed E-state index contributed by atoms with van der Waals surface area (Å²) in [7, 11) is -3.78. The van der Waals surface area contributed by atoms with Crippen LogP contribution in [0, 0.1) is 0 Å². The third-order valence-corrected chi connectivity index (χ3v) is 7.21. The van der Waals surface area contributed by atoms with Crippen LogP contribution in [0.4, 0.5) is 0 Å². The average molecular weight is 510 g/mol. The van der Waals surface area contributed by atoms with Gasteiger partial charge < -0.3 is 15.4 Å². The molecule has 2 aromatic carbocycles. The molecule has 0 saturated carbocycles. The fourth-order valence-corrected chi connectivity index (χ4v) is 4.94. The van der Waals surface area contributed by atoms with Gasteiger partial charge in [-0.2, -0.15) is 4.31 Å². The maximum Gasteiger partial charge on any atom is 0.309 e. The Morgan fingerprint density at radius 2 is 1.71 bits per heavy atom. The number of aryl methyl sites for hydroxylation is 1. The van der Waals surface area contributed by atoms with Crippen molar-refractivity contribution in [2.75, 3.05) is 26.2 Å². The largest absolute Gasteiger partial charge is 0.359 e. The Morgan fingerprint density at radius 3 is 2.42 bits per heavy atom. The first-order chi connectivity index (χ1) is 14.9. The lowest BCUT2D eigenvalue weighted by molar-refractivity contribution is -0.139. The summed E-state index contributed by atoms with van der Waals surface area (Å²) < 4.78 is 33.2. The minimum absolute atomic E-state index is 0.119. The minimum Gasteiger partial charge on any atom is -0.359 e. The van der Waals surface area contributed by atoms with Gasteiger partial charge in [0.2, 0.25) is 10.0 Å². The van der Waals surface area contributed by atoms with Crippen molar-refractivity contribution < 1.29 is 22.7 Å². The molecule has 0 unspecified atom stereocenters. The number of carbonyl (C=O) groups excluding carboxylic acids is 2. The number of ether oxygens (including phenoxy) is 1. The predicted molar refractivity (Wildman–Crippen MR) is 119 cm³/mol. The van der Waals surface area contributed by atoms with E-state index in [1.165, 1.54) is 16.4 Å². The van der Waals surface area contributed by atoms with Crippen LogP contribution in [0.15, 0.2) is 64.0 Å². The minimum atomic E-state index is -3.78. The second-order valence-corrected chi connectivity index (χ2v) is 9.76. The molecular formula is C21H24BrN3O5S. The molecule has 1 aliphatic heterocycles. The summed E-state index contributed by atoms with van der Waals surface area (Å²) in [5.41, 5.74) is 1.16. The summed E-state index contributed by atoms with van der Waals surface area (Å²) in [5.74, 6) is -1.58. The van der Waals surface area contributed by atoms with Gasteiger partial charge in [-0.25, -0.2) is 8.42 Å². The van der Waals surface area contributed by atoms with E-state index in [1.54, 1.807) is 12.1 Å². The number of halogens is 1. The molecule has 10 heteroatoms. The van der Waals surface area contributed by atoms with Gasteiger partial charge >= 0.3 is 11.8 Å². The smallest absolute Gasteiger partial charge is 0.309 e. The number of sulfonamides is 1. The van der Waals surface area contributed by atoms with Gasteiger partial charge in [-0.3, -0.25) is 9.59 Å². The van der Waals surface area contributed by atoms with Crippen molar-refractivity contribution in [1.82, 2.24) is 14.9 Å². The number of benzene rings is 2. The van der Waals surface area contributed by atoms with Crippen LogP contribution < -0.4 is 10.6 Å². The van der Waals surface area contributed by atoms with Gasteiger partial charge in [0, 0.05) is 17.6 Å². The maximum atomic E-state index is 12.9. The Labute approximate surface area is 190 Å². The molecule has 3 rings (SSSR count). The highest BCUT2D eigenvalue weighted by molar-refractivity contribution is 9.10. The third kappa shape index (κ3) is 6.36. The molecule has 31 heavy (non-hydrogen) atoms. The normalized spacial score (nSPS) is 16.7. The molecule has 2 aromatic rings. The molecule has 1 atom stereocenters. The number of rotatable bonds is 8. The van der Waals surface area contributed by atoms with Crippen molar-refractivity contribution in [3.05, 3.63) is 64.6 Å². The second-order valence-electron chi connectivity index (χ2n) is 6.95. The fraction of sp³-hybridized carbons (Fsp3) is 0.333. The van der Waals surface area contributed by atoms with Gasteiger partial charge in [-0.1, -0.05) is 46.3 Å². The fourth-order valence-electron chi connectivity index (χ4n) is 3.16. The van der Waals surface area contributed by atoms with Crippen molar-refractivity contribution in [1.29, 1.82) is 0 Å². The zero-order valence-corrected chi connectivity index (χ0v) is 19.2. The van der Waals surface area contributed by atoms with Crippen molar-refractivity contribution >= 4 is 37.8 Å². The molecular weight excluding hydrogens is 486 g/mol. The standard InChI is InChI=1S/C21H24BrN3O5S/c22-17-8-10-18(11-9-17)31(28,29)25-13-14-30-19(25)15-24-21(27)20(26)23-12-4-7-16-5-2-1-3-6-16/h1-3,5-6,8-11,19H,4,7,12-15H2,(H,23,26)(H,24,27)/t19-/m1/s1. The number of nitrogens with one attached hydrogen (secondary N) is 2. The predicted octanol–water partition coefficient (Wildman–Crippen LogP) is 1.66. The first-order valence-electron chi connectivity index (χ1n) is 9.87. The lowest BCUT2D eigenvalue weighted by atomic mass is 10.1. The van der Waals surface area contributed by atoms with Crippen LogP contribution in [0.1, 0.15) is 12.0 Å². The van der Waals surface area contributed by atoms with Crippen molar-refractivity contribution in [2.45, 2.75) is 24.0 Å². The monoisotopic (exact) mass is 509 g/mol. The summed E-state index contributed by atoms with van der Waals surface area (Å²) >= 11 is 3.28. The van der Waals surface area contributed by atoms with E-state index in [9.17, 15) is 18.0 Å². The van der Waals surface area contributed by atoms with Crippen LogP contribution in [0.2, 0.25) is 0 Å². The molecule has 166 valence electrons. The van der Waals surface area contributed by atoms with Crippen molar-refractivity contribution in [3.8, 4) is 0 Å². The Balaban J connectivity index is 1.46. The maximum absolute atomic E-state index is 12.9. The molecule has 0 spiro atoms. The highest BCUT2D eigenvalue weighted by Gasteiger charge is 2.36. The Kier molecular flexibility index (Phi) is 8.19. The molecule has 8 nitrogen and oxygen atoms in total. The molecule has 1 aliphatic rings. The van der Waals surface area contributed by atoms with Crippen LogP contribution in [-0.4, -0.2) is 57.0 Å². The van der Waals surface area contributed by atoms with E-state index in [0.29, 0.717) is 13.0 Å². The zero-order valence-electron chi connectivity index (χ0n) is 16.8. The van der Waals surface area contributed by atoms with E-state index in [2.05, 4.69) is 26.6 Å². The van der Waals surface area contributed by atoms with Crippen molar-refractivity contribution in [3.63, 3.8) is 0 Å². The Hall–Kier alpha value is -2.27. The Bertz CT molecular complexity index is 999. The second kappa shape index (κ2) is 10.9. The molecule has 0 aromatic heterocycles. The van der Waals surface area contributed by atoms with Crippen LogP contribution in [0.5, 0.6) is 0 Å². The lowest BCUT2D eigenvalue weighted by Gasteiger charge is -2.22. The summed E-state index contributed by atoms with van der Waals surface area (Å²) in [6.45, 7) is 0.629. The van der Waals surface area contributed by atoms with E-state index in [-0.39, 0.29) is 24.6 Å². The van der Waals surface area contributed by atoms with Gasteiger partial charge in [0.25, 0.3) is 0 Å². The van der Waals surface area contributed by atoms with Gasteiger partial charge in [0.15, 0.2) is 0 Å². The van der Waals surface area contributed by atoms with E-state index >= 15 is 0 Å². The highest BCUT2D eigenvalue weighted by Crippen LogP contribution is 2.23. The molecule has 0 radical (unpaired) electrons. The van der Waals surface area contributed by atoms with Crippen molar-refractivity contribution in [2.24, 2.45) is 0 Å². The first kappa shape index (κ1) is 23.4.